The molecular weight excluding hydrogens is 268 g/mol. The third-order valence-electron chi connectivity index (χ3n) is 3.36. The molecule has 0 radical (unpaired) electrons. The number of unbranched alkanes of at least 4 members (excludes halogenated alkanes) is 1. The van der Waals surface area contributed by atoms with Gasteiger partial charge in [-0.05, 0) is 59.2 Å². The number of thiophene rings is 1. The van der Waals surface area contributed by atoms with Crippen LogP contribution in [-0.2, 0) is 24.1 Å². The summed E-state index contributed by atoms with van der Waals surface area (Å²) in [6.07, 6.45) is 4.96. The summed E-state index contributed by atoms with van der Waals surface area (Å²) in [6, 6.07) is 10.3. The molecule has 1 aromatic heterocycles. The van der Waals surface area contributed by atoms with Crippen LogP contribution < -0.4 is 0 Å². The first-order valence-corrected chi connectivity index (χ1v) is 7.93. The Morgan fingerprint density at radius 1 is 0.950 bits per heavy atom. The Hall–Kier alpha value is -1.45. The molecule has 0 amide bonds. The Balaban J connectivity index is 1.72. The second-order valence-corrected chi connectivity index (χ2v) is 5.81. The Labute approximate surface area is 124 Å². The highest BCUT2D eigenvalue weighted by Gasteiger charge is 2.02. The lowest BCUT2D eigenvalue weighted by Gasteiger charge is -2.04. The Bertz CT molecular complexity index is 514. The van der Waals surface area contributed by atoms with Gasteiger partial charge >= 0.3 is 0 Å². The summed E-state index contributed by atoms with van der Waals surface area (Å²) in [4.78, 5) is 11.1. The highest BCUT2D eigenvalue weighted by Crippen LogP contribution is 2.13. The molecule has 0 fully saturated rings. The van der Waals surface area contributed by atoms with Crippen LogP contribution in [0.3, 0.4) is 0 Å². The number of hydrogen-bond acceptors (Lipinski definition) is 3. The molecule has 0 saturated heterocycles. The number of carbonyl (C=O) groups excluding carboxylic acids is 1. The number of aryl methyl sites for hydroxylation is 2. The molecule has 2 nitrogen and oxygen atoms in total. The van der Waals surface area contributed by atoms with Crippen LogP contribution in [0.2, 0.25) is 0 Å². The number of aliphatic hydroxyl groups excluding tert-OH is 1. The van der Waals surface area contributed by atoms with Crippen LogP contribution in [0.25, 0.3) is 0 Å². The number of Topliss-reactive ketones (excluding diaryl/α,β-unsaturated/α-hetero) is 1. The molecule has 1 aromatic carbocycles. The van der Waals surface area contributed by atoms with E-state index in [2.05, 4.69) is 29.0 Å². The number of carbonyl (C=O) groups is 1. The quantitative estimate of drug-likeness (QED) is 0.756. The molecule has 20 heavy (non-hydrogen) atoms. The predicted octanol–water partition coefficient (Wildman–Crippen LogP) is 3.42. The second-order valence-electron chi connectivity index (χ2n) is 5.03. The van der Waals surface area contributed by atoms with Gasteiger partial charge in [0.25, 0.3) is 0 Å². The van der Waals surface area contributed by atoms with E-state index in [9.17, 15) is 4.79 Å². The SMILES string of the molecule is O=C(CO)Cc1ccc(CCCCc2ccsc2)cc1. The number of ketones is 1. The molecule has 0 unspecified atom stereocenters. The smallest absolute Gasteiger partial charge is 0.162 e. The average Bonchev–Trinajstić information content (AvgIpc) is 2.98. The minimum absolute atomic E-state index is 0.131. The van der Waals surface area contributed by atoms with Gasteiger partial charge < -0.3 is 5.11 Å². The zero-order valence-corrected chi connectivity index (χ0v) is 12.4. The van der Waals surface area contributed by atoms with Crippen molar-refractivity contribution in [2.24, 2.45) is 0 Å². The maximum absolute atomic E-state index is 11.1. The van der Waals surface area contributed by atoms with Gasteiger partial charge in [0.2, 0.25) is 0 Å². The lowest BCUT2D eigenvalue weighted by Crippen LogP contribution is -2.07. The van der Waals surface area contributed by atoms with Gasteiger partial charge in [0.1, 0.15) is 6.61 Å². The third kappa shape index (κ3) is 4.91. The standard InChI is InChI=1S/C17H20O2S/c18-12-17(19)11-15-7-5-14(6-8-15)3-1-2-4-16-9-10-20-13-16/h5-10,13,18H,1-4,11-12H2. The van der Waals surface area contributed by atoms with Crippen molar-refractivity contribution < 1.29 is 9.90 Å². The van der Waals surface area contributed by atoms with Gasteiger partial charge in [-0.15, -0.1) is 0 Å². The normalized spacial score (nSPS) is 10.7. The minimum Gasteiger partial charge on any atom is -0.389 e. The first-order valence-electron chi connectivity index (χ1n) is 6.99. The molecule has 1 N–H and O–H groups in total. The van der Waals surface area contributed by atoms with Crippen LogP contribution in [-0.4, -0.2) is 17.5 Å². The van der Waals surface area contributed by atoms with Crippen LogP contribution in [0.4, 0.5) is 0 Å². The van der Waals surface area contributed by atoms with Crippen molar-refractivity contribution in [3.05, 3.63) is 57.8 Å². The lowest BCUT2D eigenvalue weighted by molar-refractivity contribution is -0.121. The molecule has 0 aliphatic carbocycles. The fourth-order valence-corrected chi connectivity index (χ4v) is 2.90. The third-order valence-corrected chi connectivity index (χ3v) is 4.09. The molecule has 0 aliphatic rings. The van der Waals surface area contributed by atoms with E-state index in [0.717, 1.165) is 18.4 Å². The van der Waals surface area contributed by atoms with Crippen LogP contribution in [0.5, 0.6) is 0 Å². The maximum atomic E-state index is 11.1. The number of aliphatic hydroxyl groups is 1. The molecule has 0 saturated carbocycles. The van der Waals surface area contributed by atoms with Crippen LogP contribution in [0, 0.1) is 0 Å². The van der Waals surface area contributed by atoms with E-state index in [4.69, 9.17) is 5.11 Å². The van der Waals surface area contributed by atoms with E-state index in [1.807, 2.05) is 12.1 Å². The monoisotopic (exact) mass is 288 g/mol. The second kappa shape index (κ2) is 7.98. The maximum Gasteiger partial charge on any atom is 0.162 e. The molecule has 2 aromatic rings. The van der Waals surface area contributed by atoms with E-state index in [0.29, 0.717) is 6.42 Å². The molecule has 106 valence electrons. The summed E-state index contributed by atoms with van der Waals surface area (Å²) >= 11 is 1.76. The van der Waals surface area contributed by atoms with Crippen molar-refractivity contribution in [2.45, 2.75) is 32.1 Å². The van der Waals surface area contributed by atoms with Gasteiger partial charge in [-0.3, -0.25) is 4.79 Å². The Morgan fingerprint density at radius 3 is 2.20 bits per heavy atom. The first-order chi connectivity index (χ1) is 9.78. The number of benzene rings is 1. The lowest BCUT2D eigenvalue weighted by atomic mass is 10.0. The van der Waals surface area contributed by atoms with E-state index in [1.165, 1.54) is 24.0 Å². The fourth-order valence-electron chi connectivity index (χ4n) is 2.20. The molecule has 0 spiro atoms. The molecular formula is C17H20O2S. The topological polar surface area (TPSA) is 37.3 Å². The summed E-state index contributed by atoms with van der Waals surface area (Å²) in [5.41, 5.74) is 3.73. The van der Waals surface area contributed by atoms with Crippen LogP contribution in [0.1, 0.15) is 29.5 Å². The van der Waals surface area contributed by atoms with Gasteiger partial charge in [0.15, 0.2) is 5.78 Å². The summed E-state index contributed by atoms with van der Waals surface area (Å²) in [7, 11) is 0. The van der Waals surface area contributed by atoms with Crippen LogP contribution in [0.15, 0.2) is 41.1 Å². The summed E-state index contributed by atoms with van der Waals surface area (Å²) < 4.78 is 0. The first kappa shape index (κ1) is 14.9. The molecule has 0 bridgehead atoms. The molecule has 2 rings (SSSR count). The molecule has 0 atom stereocenters. The van der Waals surface area contributed by atoms with E-state index >= 15 is 0 Å². The highest BCUT2D eigenvalue weighted by atomic mass is 32.1. The Morgan fingerprint density at radius 2 is 1.60 bits per heavy atom. The zero-order valence-electron chi connectivity index (χ0n) is 11.5. The molecule has 3 heteroatoms. The largest absolute Gasteiger partial charge is 0.389 e. The fraction of sp³-hybridized carbons (Fsp3) is 0.353. The summed E-state index contributed by atoms with van der Waals surface area (Å²) in [6.45, 7) is -0.371. The predicted molar refractivity (Wildman–Crippen MR) is 83.2 cm³/mol. The van der Waals surface area contributed by atoms with Crippen molar-refractivity contribution >= 4 is 17.1 Å². The Kier molecular flexibility index (Phi) is 5.96. The van der Waals surface area contributed by atoms with E-state index in [-0.39, 0.29) is 12.4 Å². The zero-order chi connectivity index (χ0) is 14.2. The van der Waals surface area contributed by atoms with E-state index in [1.54, 1.807) is 11.3 Å². The van der Waals surface area contributed by atoms with E-state index < -0.39 is 0 Å². The van der Waals surface area contributed by atoms with Crippen molar-refractivity contribution in [2.75, 3.05) is 6.61 Å². The van der Waals surface area contributed by atoms with Gasteiger partial charge in [-0.2, -0.15) is 11.3 Å². The van der Waals surface area contributed by atoms with Gasteiger partial charge in [-0.1, -0.05) is 24.3 Å². The summed E-state index contributed by atoms with van der Waals surface area (Å²) in [5.74, 6) is -0.131. The minimum atomic E-state index is -0.371. The molecule has 1 heterocycles. The summed E-state index contributed by atoms with van der Waals surface area (Å²) in [5, 5.41) is 13.1. The number of rotatable bonds is 8. The van der Waals surface area contributed by atoms with Crippen molar-refractivity contribution in [3.8, 4) is 0 Å². The van der Waals surface area contributed by atoms with Gasteiger partial charge in [0, 0.05) is 6.42 Å². The van der Waals surface area contributed by atoms with Crippen molar-refractivity contribution in [3.63, 3.8) is 0 Å². The molecule has 0 aliphatic heterocycles. The van der Waals surface area contributed by atoms with Crippen molar-refractivity contribution in [1.29, 1.82) is 0 Å². The van der Waals surface area contributed by atoms with Crippen molar-refractivity contribution in [1.82, 2.24) is 0 Å². The van der Waals surface area contributed by atoms with Crippen LogP contribution >= 0.6 is 11.3 Å². The van der Waals surface area contributed by atoms with Gasteiger partial charge in [0.05, 0.1) is 0 Å². The average molecular weight is 288 g/mol. The number of hydrogen-bond donors (Lipinski definition) is 1. The van der Waals surface area contributed by atoms with Gasteiger partial charge in [-0.25, -0.2) is 0 Å². The highest BCUT2D eigenvalue weighted by molar-refractivity contribution is 7.07.